The average Bonchev–Trinajstić information content (AvgIpc) is 3.23. The van der Waals surface area contributed by atoms with Crippen molar-refractivity contribution in [3.8, 4) is 10.7 Å². The third-order valence-corrected chi connectivity index (χ3v) is 5.37. The molecule has 0 amide bonds. The van der Waals surface area contributed by atoms with Crippen molar-refractivity contribution in [2.24, 2.45) is 0 Å². The van der Waals surface area contributed by atoms with E-state index in [9.17, 15) is 0 Å². The molecule has 0 aliphatic carbocycles. The second-order valence-corrected chi connectivity index (χ2v) is 7.47. The molecule has 1 aliphatic rings. The molecule has 4 heterocycles. The van der Waals surface area contributed by atoms with Gasteiger partial charge in [0.25, 0.3) is 0 Å². The Labute approximate surface area is 157 Å². The number of rotatable bonds is 6. The Kier molecular flexibility index (Phi) is 5.64. The van der Waals surface area contributed by atoms with Crippen LogP contribution in [0.25, 0.3) is 10.7 Å². The molecule has 0 spiro atoms. The Balaban J connectivity index is 1.30. The molecule has 134 valence electrons. The Morgan fingerprint density at radius 1 is 1.12 bits per heavy atom. The van der Waals surface area contributed by atoms with Gasteiger partial charge in [0.1, 0.15) is 0 Å². The smallest absolute Gasteiger partial charge is 0.169 e. The first-order valence-corrected chi connectivity index (χ1v) is 9.83. The molecule has 0 radical (unpaired) electrons. The quantitative estimate of drug-likeness (QED) is 0.664. The van der Waals surface area contributed by atoms with E-state index >= 15 is 0 Å². The van der Waals surface area contributed by atoms with E-state index in [0.717, 1.165) is 54.4 Å². The maximum atomic E-state index is 6.07. The highest BCUT2D eigenvalue weighted by atomic mass is 32.1. The normalized spacial score (nSPS) is 18.1. The number of aromatic nitrogens is 3. The van der Waals surface area contributed by atoms with E-state index in [0.29, 0.717) is 6.61 Å². The van der Waals surface area contributed by atoms with E-state index in [4.69, 9.17) is 4.74 Å². The van der Waals surface area contributed by atoms with Gasteiger partial charge in [0, 0.05) is 37.2 Å². The number of ether oxygens (including phenoxy) is 1. The van der Waals surface area contributed by atoms with Crippen molar-refractivity contribution in [1.82, 2.24) is 19.9 Å². The molecule has 1 fully saturated rings. The summed E-state index contributed by atoms with van der Waals surface area (Å²) in [7, 11) is 0. The van der Waals surface area contributed by atoms with Crippen LogP contribution >= 0.6 is 11.3 Å². The molecule has 26 heavy (non-hydrogen) atoms. The van der Waals surface area contributed by atoms with E-state index in [-0.39, 0.29) is 6.10 Å². The van der Waals surface area contributed by atoms with Gasteiger partial charge in [0.05, 0.1) is 23.3 Å². The fourth-order valence-electron chi connectivity index (χ4n) is 3.21. The van der Waals surface area contributed by atoms with Gasteiger partial charge in [-0.2, -0.15) is 0 Å². The number of nitrogens with zero attached hydrogens (tertiary/aromatic N) is 4. The van der Waals surface area contributed by atoms with Gasteiger partial charge in [-0.15, -0.1) is 11.3 Å². The zero-order valence-electron chi connectivity index (χ0n) is 14.6. The molecule has 0 unspecified atom stereocenters. The lowest BCUT2D eigenvalue weighted by molar-refractivity contribution is -0.0133. The molecule has 3 aromatic rings. The highest BCUT2D eigenvalue weighted by Crippen LogP contribution is 2.21. The molecule has 0 bridgehead atoms. The summed E-state index contributed by atoms with van der Waals surface area (Å²) in [6, 6.07) is 10.0. The Hall–Kier alpha value is -2.15. The van der Waals surface area contributed by atoms with Crippen LogP contribution in [0.5, 0.6) is 0 Å². The van der Waals surface area contributed by atoms with Crippen LogP contribution in [0.1, 0.15) is 24.1 Å². The van der Waals surface area contributed by atoms with Crippen molar-refractivity contribution in [2.45, 2.75) is 32.1 Å². The monoisotopic (exact) mass is 366 g/mol. The van der Waals surface area contributed by atoms with Gasteiger partial charge in [0.2, 0.25) is 0 Å². The van der Waals surface area contributed by atoms with Gasteiger partial charge in [-0.3, -0.25) is 9.88 Å². The van der Waals surface area contributed by atoms with Crippen LogP contribution < -0.4 is 0 Å². The van der Waals surface area contributed by atoms with Crippen LogP contribution in [-0.4, -0.2) is 39.0 Å². The first-order chi connectivity index (χ1) is 12.9. The van der Waals surface area contributed by atoms with Gasteiger partial charge >= 0.3 is 0 Å². The maximum Gasteiger partial charge on any atom is 0.169 e. The molecule has 6 heteroatoms. The first-order valence-electron chi connectivity index (χ1n) is 8.95. The number of thiophene rings is 1. The predicted molar refractivity (Wildman–Crippen MR) is 103 cm³/mol. The second kappa shape index (κ2) is 8.49. The number of piperidine rings is 1. The number of likely N-dealkylation sites (tertiary alicyclic amines) is 1. The van der Waals surface area contributed by atoms with Gasteiger partial charge in [0.15, 0.2) is 5.82 Å². The number of hydrogen-bond acceptors (Lipinski definition) is 6. The summed E-state index contributed by atoms with van der Waals surface area (Å²) in [6.07, 6.45) is 8.22. The van der Waals surface area contributed by atoms with Crippen molar-refractivity contribution in [3.63, 3.8) is 0 Å². The molecule has 0 N–H and O–H groups in total. The van der Waals surface area contributed by atoms with Crippen LogP contribution in [0, 0.1) is 0 Å². The third-order valence-electron chi connectivity index (χ3n) is 4.51. The van der Waals surface area contributed by atoms with Crippen molar-refractivity contribution in [1.29, 1.82) is 0 Å². The highest BCUT2D eigenvalue weighted by Gasteiger charge is 2.21. The van der Waals surface area contributed by atoms with Crippen LogP contribution in [0.2, 0.25) is 0 Å². The minimum absolute atomic E-state index is 0.261. The minimum atomic E-state index is 0.261. The fraction of sp³-hybridized carbons (Fsp3) is 0.350. The highest BCUT2D eigenvalue weighted by molar-refractivity contribution is 7.13. The van der Waals surface area contributed by atoms with E-state index in [2.05, 4.69) is 19.9 Å². The van der Waals surface area contributed by atoms with Crippen molar-refractivity contribution >= 4 is 11.3 Å². The summed E-state index contributed by atoms with van der Waals surface area (Å²) in [4.78, 5) is 16.9. The molecular formula is C20H22N4OS. The summed E-state index contributed by atoms with van der Waals surface area (Å²) in [5.41, 5.74) is 2.14. The lowest BCUT2D eigenvalue weighted by atomic mass is 10.1. The Morgan fingerprint density at radius 3 is 2.81 bits per heavy atom. The summed E-state index contributed by atoms with van der Waals surface area (Å²) in [5.74, 6) is 0.805. The summed E-state index contributed by atoms with van der Waals surface area (Å²) >= 11 is 1.66. The molecule has 4 rings (SSSR count). The summed E-state index contributed by atoms with van der Waals surface area (Å²) in [5, 5.41) is 2.05. The van der Waals surface area contributed by atoms with Gasteiger partial charge in [-0.05, 0) is 43.0 Å². The van der Waals surface area contributed by atoms with Crippen LogP contribution in [0.3, 0.4) is 0 Å². The number of hydrogen-bond donors (Lipinski definition) is 0. The van der Waals surface area contributed by atoms with Gasteiger partial charge in [-0.25, -0.2) is 9.97 Å². The molecule has 3 aromatic heterocycles. The molecular weight excluding hydrogens is 344 g/mol. The number of pyridine rings is 1. The van der Waals surface area contributed by atoms with Crippen LogP contribution in [0.15, 0.2) is 54.3 Å². The largest absolute Gasteiger partial charge is 0.371 e. The predicted octanol–water partition coefficient (Wildman–Crippen LogP) is 3.78. The standard InChI is InChI=1S/C20H22N4OS/c1-2-8-21-17(5-1)15-25-18-6-3-9-24(14-18)13-16-11-22-20(23-12-16)19-7-4-10-26-19/h1-2,4-5,7-8,10-12,18H,3,6,9,13-15H2/t18-/m1/s1. The summed E-state index contributed by atoms with van der Waals surface area (Å²) < 4.78 is 6.07. The van der Waals surface area contributed by atoms with E-state index in [1.54, 1.807) is 11.3 Å². The molecule has 0 saturated carbocycles. The average molecular weight is 366 g/mol. The molecule has 5 nitrogen and oxygen atoms in total. The first kappa shape index (κ1) is 17.3. The third kappa shape index (κ3) is 4.52. The second-order valence-electron chi connectivity index (χ2n) is 6.52. The minimum Gasteiger partial charge on any atom is -0.371 e. The van der Waals surface area contributed by atoms with Crippen LogP contribution in [0.4, 0.5) is 0 Å². The van der Waals surface area contributed by atoms with Gasteiger partial charge in [-0.1, -0.05) is 12.1 Å². The van der Waals surface area contributed by atoms with E-state index < -0.39 is 0 Å². The topological polar surface area (TPSA) is 51.1 Å². The van der Waals surface area contributed by atoms with Crippen molar-refractivity contribution in [3.05, 3.63) is 65.6 Å². The zero-order valence-corrected chi connectivity index (χ0v) is 15.4. The van der Waals surface area contributed by atoms with E-state index in [1.807, 2.05) is 54.3 Å². The maximum absolute atomic E-state index is 6.07. The van der Waals surface area contributed by atoms with Crippen molar-refractivity contribution < 1.29 is 4.74 Å². The lowest BCUT2D eigenvalue weighted by Crippen LogP contribution is -2.39. The molecule has 0 aromatic carbocycles. The van der Waals surface area contributed by atoms with Crippen LogP contribution in [-0.2, 0) is 17.9 Å². The zero-order chi connectivity index (χ0) is 17.6. The van der Waals surface area contributed by atoms with E-state index in [1.165, 1.54) is 0 Å². The molecule has 1 atom stereocenters. The SMILES string of the molecule is c1ccc(CO[C@@H]2CCCN(Cc3cnc(-c4cccs4)nc3)C2)nc1. The lowest BCUT2D eigenvalue weighted by Gasteiger charge is -2.32. The fourth-order valence-corrected chi connectivity index (χ4v) is 3.88. The molecule has 1 saturated heterocycles. The molecule has 1 aliphatic heterocycles. The van der Waals surface area contributed by atoms with Gasteiger partial charge < -0.3 is 4.74 Å². The Morgan fingerprint density at radius 2 is 2.04 bits per heavy atom. The Bertz CT molecular complexity index is 792. The summed E-state index contributed by atoms with van der Waals surface area (Å²) in [6.45, 7) is 3.49. The van der Waals surface area contributed by atoms with Crippen molar-refractivity contribution in [2.75, 3.05) is 13.1 Å².